The summed E-state index contributed by atoms with van der Waals surface area (Å²) in [5.41, 5.74) is 4.40. The fourth-order valence-electron chi connectivity index (χ4n) is 5.74. The molecule has 1 aromatic heterocycles. The second kappa shape index (κ2) is 11.2. The quantitative estimate of drug-likeness (QED) is 0.364. The van der Waals surface area contributed by atoms with Crippen LogP contribution in [0.5, 0.6) is 5.75 Å². The smallest absolute Gasteiger partial charge is 0.118 e. The third-order valence-corrected chi connectivity index (χ3v) is 7.96. The Morgan fingerprint density at radius 2 is 1.92 bits per heavy atom. The zero-order valence-corrected chi connectivity index (χ0v) is 21.7. The van der Waals surface area contributed by atoms with Crippen LogP contribution in [0.4, 0.5) is 0 Å². The van der Waals surface area contributed by atoms with Crippen LogP contribution in [-0.4, -0.2) is 53.3 Å². The molecule has 6 heteroatoms. The lowest BCUT2D eigenvalue weighted by molar-refractivity contribution is 0.00364. The summed E-state index contributed by atoms with van der Waals surface area (Å²) in [5.74, 6) is 2.51. The van der Waals surface area contributed by atoms with Gasteiger partial charge in [0.05, 0.1) is 18.3 Å². The van der Waals surface area contributed by atoms with Crippen molar-refractivity contribution in [3.8, 4) is 5.75 Å². The van der Waals surface area contributed by atoms with Gasteiger partial charge in [-0.05, 0) is 61.8 Å². The molecule has 2 atom stereocenters. The van der Waals surface area contributed by atoms with Crippen LogP contribution in [0.1, 0.15) is 73.0 Å². The van der Waals surface area contributed by atoms with Crippen molar-refractivity contribution in [2.24, 2.45) is 0 Å². The zero-order chi connectivity index (χ0) is 25.0. The minimum absolute atomic E-state index is 0.172. The van der Waals surface area contributed by atoms with Crippen molar-refractivity contribution in [1.29, 1.82) is 0 Å². The highest BCUT2D eigenvalue weighted by molar-refractivity contribution is 5.29. The number of imidazole rings is 1. The molecular formula is C30H40N4O2. The van der Waals surface area contributed by atoms with E-state index in [1.807, 2.05) is 12.1 Å². The number of aliphatic hydroxyl groups is 1. The molecule has 0 amide bonds. The number of aliphatic hydroxyl groups excluding tert-OH is 1. The van der Waals surface area contributed by atoms with E-state index in [1.54, 1.807) is 7.11 Å². The predicted molar refractivity (Wildman–Crippen MR) is 143 cm³/mol. The lowest BCUT2D eigenvalue weighted by Crippen LogP contribution is -2.60. The van der Waals surface area contributed by atoms with E-state index in [0.29, 0.717) is 12.5 Å². The maximum atomic E-state index is 11.5. The molecule has 2 aliphatic rings. The second-order valence-electron chi connectivity index (χ2n) is 10.4. The number of hydrogen-bond acceptors (Lipinski definition) is 5. The van der Waals surface area contributed by atoms with Gasteiger partial charge >= 0.3 is 0 Å². The van der Waals surface area contributed by atoms with Crippen LogP contribution in [0, 0.1) is 0 Å². The summed E-state index contributed by atoms with van der Waals surface area (Å²) in [6, 6.07) is 19.3. The van der Waals surface area contributed by atoms with Gasteiger partial charge in [0.1, 0.15) is 17.7 Å². The lowest BCUT2D eigenvalue weighted by Gasteiger charge is -2.49. The summed E-state index contributed by atoms with van der Waals surface area (Å²) < 4.78 is 5.32. The van der Waals surface area contributed by atoms with Gasteiger partial charge in [-0.3, -0.25) is 4.90 Å². The van der Waals surface area contributed by atoms with E-state index in [2.05, 4.69) is 64.6 Å². The highest BCUT2D eigenvalue weighted by atomic mass is 16.5. The Kier molecular flexibility index (Phi) is 7.75. The average Bonchev–Trinajstić information content (AvgIpc) is 3.68. The molecule has 0 spiro atoms. The van der Waals surface area contributed by atoms with Crippen molar-refractivity contribution < 1.29 is 9.84 Å². The zero-order valence-electron chi connectivity index (χ0n) is 21.7. The molecule has 0 bridgehead atoms. The van der Waals surface area contributed by atoms with Gasteiger partial charge in [0, 0.05) is 37.8 Å². The first-order valence-corrected chi connectivity index (χ1v) is 13.5. The number of nitrogens with one attached hydrogen (secondary N) is 2. The van der Waals surface area contributed by atoms with Crippen molar-refractivity contribution in [1.82, 2.24) is 20.2 Å². The molecule has 3 N–H and O–H groups in total. The number of β-amino-alcohol motifs (C(OH)–C–C–N with tert-alkyl or cyclic N) is 1. The van der Waals surface area contributed by atoms with Crippen LogP contribution in [0.25, 0.3) is 0 Å². The summed E-state index contributed by atoms with van der Waals surface area (Å²) in [6.45, 7) is 5.42. The number of benzene rings is 2. The number of methoxy groups -OCH3 is 1. The predicted octanol–water partition coefficient (Wildman–Crippen LogP) is 4.72. The van der Waals surface area contributed by atoms with Crippen LogP contribution >= 0.6 is 0 Å². The Bertz CT molecular complexity index is 1110. The number of aryl methyl sites for hydroxylation is 2. The van der Waals surface area contributed by atoms with Gasteiger partial charge in [-0.2, -0.15) is 0 Å². The van der Waals surface area contributed by atoms with Crippen molar-refractivity contribution >= 4 is 0 Å². The van der Waals surface area contributed by atoms with E-state index in [0.717, 1.165) is 68.3 Å². The molecule has 2 aromatic carbocycles. The van der Waals surface area contributed by atoms with Crippen molar-refractivity contribution in [3.63, 3.8) is 0 Å². The lowest BCUT2D eigenvalue weighted by atomic mass is 9.81. The van der Waals surface area contributed by atoms with E-state index in [4.69, 9.17) is 9.72 Å². The standard InChI is InChI=1S/C30H40N4O2/c1-3-26-28(33-29(32-26)23-13-14-23)27(35)20-34-19-18-31-21-30(34,24-9-5-4-6-10-24)17-7-8-22-11-15-25(36-2)16-12-22/h4-6,9-12,15-16,23,27,31,35H,3,7-8,13-14,17-21H2,1-2H3,(H,32,33). The number of piperazine rings is 1. The summed E-state index contributed by atoms with van der Waals surface area (Å²) in [7, 11) is 1.71. The second-order valence-corrected chi connectivity index (χ2v) is 10.4. The third-order valence-electron chi connectivity index (χ3n) is 7.96. The molecule has 0 radical (unpaired) electrons. The largest absolute Gasteiger partial charge is 0.497 e. The Balaban J connectivity index is 1.37. The van der Waals surface area contributed by atoms with Gasteiger partial charge in [-0.15, -0.1) is 0 Å². The van der Waals surface area contributed by atoms with E-state index in [1.165, 1.54) is 24.0 Å². The number of H-pyrrole nitrogens is 1. The van der Waals surface area contributed by atoms with E-state index in [9.17, 15) is 5.11 Å². The number of rotatable bonds is 11. The van der Waals surface area contributed by atoms with Crippen LogP contribution in [0.3, 0.4) is 0 Å². The third kappa shape index (κ3) is 5.36. The van der Waals surface area contributed by atoms with Crippen molar-refractivity contribution in [2.45, 2.75) is 63.0 Å². The first kappa shape index (κ1) is 25.0. The molecule has 5 rings (SSSR count). The van der Waals surface area contributed by atoms with E-state index in [-0.39, 0.29) is 5.54 Å². The average molecular weight is 489 g/mol. The summed E-state index contributed by atoms with van der Waals surface area (Å²) >= 11 is 0. The van der Waals surface area contributed by atoms with Crippen molar-refractivity contribution in [2.75, 3.05) is 33.3 Å². The summed E-state index contributed by atoms with van der Waals surface area (Å²) in [6.07, 6.45) is 5.75. The number of ether oxygens (including phenoxy) is 1. The number of nitrogens with zero attached hydrogens (tertiary/aromatic N) is 2. The molecular weight excluding hydrogens is 448 g/mol. The minimum atomic E-state index is -0.605. The molecule has 1 saturated carbocycles. The highest BCUT2D eigenvalue weighted by Gasteiger charge is 2.41. The Hall–Kier alpha value is -2.67. The Morgan fingerprint density at radius 1 is 1.14 bits per heavy atom. The molecule has 6 nitrogen and oxygen atoms in total. The molecule has 3 aromatic rings. The molecule has 2 fully saturated rings. The van der Waals surface area contributed by atoms with Gasteiger partial charge in [0.15, 0.2) is 0 Å². The molecule has 1 aliphatic carbocycles. The fraction of sp³-hybridized carbons (Fsp3) is 0.500. The molecule has 2 heterocycles. The number of aromatic amines is 1. The molecule has 1 saturated heterocycles. The Labute approximate surface area is 215 Å². The maximum absolute atomic E-state index is 11.5. The fourth-order valence-corrected chi connectivity index (χ4v) is 5.74. The van der Waals surface area contributed by atoms with Crippen molar-refractivity contribution in [3.05, 3.63) is 82.9 Å². The molecule has 1 aliphatic heterocycles. The topological polar surface area (TPSA) is 73.4 Å². The first-order valence-electron chi connectivity index (χ1n) is 13.5. The highest BCUT2D eigenvalue weighted by Crippen LogP contribution is 2.40. The summed E-state index contributed by atoms with van der Waals surface area (Å²) in [4.78, 5) is 10.9. The van der Waals surface area contributed by atoms with Crippen LogP contribution in [-0.2, 0) is 18.4 Å². The molecule has 192 valence electrons. The number of aromatic nitrogens is 2. The van der Waals surface area contributed by atoms with Crippen LogP contribution in [0.15, 0.2) is 54.6 Å². The van der Waals surface area contributed by atoms with Gasteiger partial charge in [-0.1, -0.05) is 49.4 Å². The first-order chi connectivity index (χ1) is 17.6. The minimum Gasteiger partial charge on any atom is -0.497 e. The van der Waals surface area contributed by atoms with E-state index >= 15 is 0 Å². The molecule has 2 unspecified atom stereocenters. The van der Waals surface area contributed by atoms with Crippen LogP contribution < -0.4 is 10.1 Å². The summed E-state index contributed by atoms with van der Waals surface area (Å²) in [5, 5.41) is 15.1. The normalized spacial score (nSPS) is 21.4. The van der Waals surface area contributed by atoms with Gasteiger partial charge in [0.25, 0.3) is 0 Å². The number of hydrogen-bond donors (Lipinski definition) is 3. The van der Waals surface area contributed by atoms with Gasteiger partial charge < -0.3 is 20.1 Å². The van der Waals surface area contributed by atoms with Gasteiger partial charge in [-0.25, -0.2) is 4.98 Å². The molecule has 36 heavy (non-hydrogen) atoms. The van der Waals surface area contributed by atoms with Crippen LogP contribution in [0.2, 0.25) is 0 Å². The SMILES string of the molecule is CCc1[nH]c(C2CC2)nc1C(O)CN1CCNCC1(CCCc1ccc(OC)cc1)c1ccccc1. The maximum Gasteiger partial charge on any atom is 0.118 e. The Morgan fingerprint density at radius 3 is 2.61 bits per heavy atom. The van der Waals surface area contributed by atoms with E-state index < -0.39 is 6.10 Å². The van der Waals surface area contributed by atoms with Gasteiger partial charge in [0.2, 0.25) is 0 Å². The monoisotopic (exact) mass is 488 g/mol.